The average molecular weight is 385 g/mol. The van der Waals surface area contributed by atoms with E-state index in [1.54, 1.807) is 31.3 Å². The van der Waals surface area contributed by atoms with Gasteiger partial charge in [-0.2, -0.15) is 0 Å². The van der Waals surface area contributed by atoms with Crippen LogP contribution >= 0.6 is 0 Å². The van der Waals surface area contributed by atoms with Crippen LogP contribution in [0.1, 0.15) is 11.1 Å². The van der Waals surface area contributed by atoms with E-state index in [2.05, 4.69) is 10.6 Å². The molecule has 0 unspecified atom stereocenters. The predicted molar refractivity (Wildman–Crippen MR) is 104 cm³/mol. The zero-order valence-electron chi connectivity index (χ0n) is 15.9. The molecular formula is C20H23N3O5. The second-order valence-corrected chi connectivity index (χ2v) is 6.23. The van der Waals surface area contributed by atoms with Crippen LogP contribution in [0.3, 0.4) is 0 Å². The fourth-order valence-electron chi connectivity index (χ4n) is 2.89. The number of urea groups is 1. The van der Waals surface area contributed by atoms with Crippen molar-refractivity contribution >= 4 is 17.8 Å². The van der Waals surface area contributed by atoms with Crippen LogP contribution in [0.15, 0.2) is 42.5 Å². The molecule has 0 saturated carbocycles. The van der Waals surface area contributed by atoms with Gasteiger partial charge in [0.05, 0.1) is 20.8 Å². The molecule has 148 valence electrons. The number of methoxy groups -OCH3 is 2. The van der Waals surface area contributed by atoms with Crippen LogP contribution in [0.2, 0.25) is 0 Å². The number of hydrogen-bond donors (Lipinski definition) is 2. The SMILES string of the molecule is COc1ccc(CNC(=O)Nc2cccc(CN3CCOC3=O)c2)cc1OC. The molecule has 2 N–H and O–H groups in total. The molecule has 2 aromatic carbocycles. The number of rotatable bonds is 7. The molecule has 0 radical (unpaired) electrons. The molecule has 3 rings (SSSR count). The van der Waals surface area contributed by atoms with Gasteiger partial charge in [-0.1, -0.05) is 18.2 Å². The van der Waals surface area contributed by atoms with Gasteiger partial charge in [-0.25, -0.2) is 9.59 Å². The molecule has 1 saturated heterocycles. The van der Waals surface area contributed by atoms with Crippen LogP contribution in [-0.4, -0.2) is 44.4 Å². The van der Waals surface area contributed by atoms with E-state index in [4.69, 9.17) is 14.2 Å². The molecule has 1 heterocycles. The Hall–Kier alpha value is -3.42. The Morgan fingerprint density at radius 3 is 2.64 bits per heavy atom. The molecule has 0 atom stereocenters. The topological polar surface area (TPSA) is 89.1 Å². The number of nitrogens with one attached hydrogen (secondary N) is 2. The minimum absolute atomic E-state index is 0.314. The maximum atomic E-state index is 12.2. The highest BCUT2D eigenvalue weighted by molar-refractivity contribution is 5.89. The number of carbonyl (C=O) groups is 2. The summed E-state index contributed by atoms with van der Waals surface area (Å²) in [7, 11) is 3.14. The highest BCUT2D eigenvalue weighted by Crippen LogP contribution is 2.27. The molecule has 1 aliphatic rings. The summed E-state index contributed by atoms with van der Waals surface area (Å²) < 4.78 is 15.4. The molecule has 2 aromatic rings. The molecular weight excluding hydrogens is 362 g/mol. The lowest BCUT2D eigenvalue weighted by molar-refractivity contribution is 0.157. The maximum absolute atomic E-state index is 12.2. The van der Waals surface area contributed by atoms with E-state index in [-0.39, 0.29) is 12.1 Å². The Bertz CT molecular complexity index is 855. The number of nitrogens with zero attached hydrogens (tertiary/aromatic N) is 1. The van der Waals surface area contributed by atoms with Crippen molar-refractivity contribution in [1.82, 2.24) is 10.2 Å². The van der Waals surface area contributed by atoms with Crippen LogP contribution in [0, 0.1) is 0 Å². The molecule has 1 aliphatic heterocycles. The zero-order valence-corrected chi connectivity index (χ0v) is 15.9. The molecule has 0 spiro atoms. The lowest BCUT2D eigenvalue weighted by atomic mass is 10.2. The summed E-state index contributed by atoms with van der Waals surface area (Å²) in [6, 6.07) is 12.5. The molecule has 0 aliphatic carbocycles. The van der Waals surface area contributed by atoms with Crippen LogP contribution in [0.25, 0.3) is 0 Å². The quantitative estimate of drug-likeness (QED) is 0.765. The van der Waals surface area contributed by atoms with E-state index in [1.165, 1.54) is 0 Å². The average Bonchev–Trinajstić information content (AvgIpc) is 3.11. The van der Waals surface area contributed by atoms with Gasteiger partial charge >= 0.3 is 12.1 Å². The number of anilines is 1. The molecule has 28 heavy (non-hydrogen) atoms. The molecule has 1 fully saturated rings. The Morgan fingerprint density at radius 2 is 1.93 bits per heavy atom. The van der Waals surface area contributed by atoms with Gasteiger partial charge in [-0.05, 0) is 35.4 Å². The predicted octanol–water partition coefficient (Wildman–Crippen LogP) is 2.98. The Labute approximate surface area is 163 Å². The van der Waals surface area contributed by atoms with Gasteiger partial charge in [0, 0.05) is 18.8 Å². The summed E-state index contributed by atoms with van der Waals surface area (Å²) in [5.41, 5.74) is 2.44. The molecule has 8 heteroatoms. The van der Waals surface area contributed by atoms with Crippen molar-refractivity contribution in [3.05, 3.63) is 53.6 Å². The number of cyclic esters (lactones) is 1. The van der Waals surface area contributed by atoms with Gasteiger partial charge < -0.3 is 29.7 Å². The van der Waals surface area contributed by atoms with E-state index in [0.717, 1.165) is 11.1 Å². The zero-order chi connectivity index (χ0) is 19.9. The van der Waals surface area contributed by atoms with Crippen molar-refractivity contribution in [2.24, 2.45) is 0 Å². The van der Waals surface area contributed by atoms with Gasteiger partial charge in [0.2, 0.25) is 0 Å². The van der Waals surface area contributed by atoms with E-state index in [0.29, 0.717) is 43.4 Å². The molecule has 0 aromatic heterocycles. The summed E-state index contributed by atoms with van der Waals surface area (Å²) in [5.74, 6) is 1.24. The summed E-state index contributed by atoms with van der Waals surface area (Å²) >= 11 is 0. The first-order valence-corrected chi connectivity index (χ1v) is 8.85. The van der Waals surface area contributed by atoms with Crippen molar-refractivity contribution in [2.45, 2.75) is 13.1 Å². The summed E-state index contributed by atoms with van der Waals surface area (Å²) in [5, 5.41) is 5.60. The smallest absolute Gasteiger partial charge is 0.410 e. The second kappa shape index (κ2) is 8.98. The third-order valence-corrected chi connectivity index (χ3v) is 4.30. The van der Waals surface area contributed by atoms with Gasteiger partial charge in [0.1, 0.15) is 6.61 Å². The molecule has 3 amide bonds. The summed E-state index contributed by atoms with van der Waals surface area (Å²) in [6.45, 7) is 1.77. The Kier molecular flexibility index (Phi) is 6.21. The highest BCUT2D eigenvalue weighted by Gasteiger charge is 2.21. The molecule has 0 bridgehead atoms. The van der Waals surface area contributed by atoms with Gasteiger partial charge in [-0.3, -0.25) is 0 Å². The molecule has 8 nitrogen and oxygen atoms in total. The number of benzene rings is 2. The van der Waals surface area contributed by atoms with Gasteiger partial charge in [0.15, 0.2) is 11.5 Å². The van der Waals surface area contributed by atoms with Crippen LogP contribution in [-0.2, 0) is 17.8 Å². The first-order valence-electron chi connectivity index (χ1n) is 8.85. The number of ether oxygens (including phenoxy) is 3. The van der Waals surface area contributed by atoms with E-state index in [9.17, 15) is 9.59 Å². The van der Waals surface area contributed by atoms with Crippen LogP contribution in [0.4, 0.5) is 15.3 Å². The van der Waals surface area contributed by atoms with Crippen molar-refractivity contribution in [3.63, 3.8) is 0 Å². The monoisotopic (exact) mass is 385 g/mol. The highest BCUT2D eigenvalue weighted by atomic mass is 16.6. The van der Waals surface area contributed by atoms with Crippen molar-refractivity contribution in [2.75, 3.05) is 32.7 Å². The third kappa shape index (κ3) is 4.85. The van der Waals surface area contributed by atoms with Crippen LogP contribution in [0.5, 0.6) is 11.5 Å². The minimum Gasteiger partial charge on any atom is -0.493 e. The normalized spacial score (nSPS) is 13.1. The lowest BCUT2D eigenvalue weighted by Crippen LogP contribution is -2.28. The minimum atomic E-state index is -0.326. The van der Waals surface area contributed by atoms with Gasteiger partial charge in [-0.15, -0.1) is 0 Å². The first kappa shape index (κ1) is 19.3. The Morgan fingerprint density at radius 1 is 1.11 bits per heavy atom. The van der Waals surface area contributed by atoms with E-state index >= 15 is 0 Å². The second-order valence-electron chi connectivity index (χ2n) is 6.23. The maximum Gasteiger partial charge on any atom is 0.410 e. The third-order valence-electron chi connectivity index (χ3n) is 4.30. The number of carbonyl (C=O) groups excluding carboxylic acids is 2. The fraction of sp³-hybridized carbons (Fsp3) is 0.300. The first-order chi connectivity index (χ1) is 13.6. The van der Waals surface area contributed by atoms with Crippen molar-refractivity contribution < 1.29 is 23.8 Å². The fourth-order valence-corrected chi connectivity index (χ4v) is 2.89. The van der Waals surface area contributed by atoms with Crippen molar-refractivity contribution in [1.29, 1.82) is 0 Å². The van der Waals surface area contributed by atoms with Crippen molar-refractivity contribution in [3.8, 4) is 11.5 Å². The summed E-state index contributed by atoms with van der Waals surface area (Å²) in [6.07, 6.45) is -0.314. The summed E-state index contributed by atoms with van der Waals surface area (Å²) in [4.78, 5) is 25.4. The van der Waals surface area contributed by atoms with Gasteiger partial charge in [0.25, 0.3) is 0 Å². The number of amides is 3. The standard InChI is InChI=1S/C20H23N3O5/c1-26-17-7-6-14(11-18(17)27-2)12-21-19(24)22-16-5-3-4-15(10-16)13-23-8-9-28-20(23)25/h3-7,10-11H,8-9,12-13H2,1-2H3,(H2,21,22,24). The van der Waals surface area contributed by atoms with E-state index < -0.39 is 0 Å². The largest absolute Gasteiger partial charge is 0.493 e. The lowest BCUT2D eigenvalue weighted by Gasteiger charge is -2.14. The van der Waals surface area contributed by atoms with E-state index in [1.807, 2.05) is 30.3 Å². The van der Waals surface area contributed by atoms with Crippen LogP contribution < -0.4 is 20.1 Å². The number of hydrogen-bond acceptors (Lipinski definition) is 5. The Balaban J connectivity index is 1.55.